The molecule has 0 unspecified atom stereocenters. The molecule has 0 spiro atoms. The average Bonchev–Trinajstić information content (AvgIpc) is 3.08. The van der Waals surface area contributed by atoms with Crippen molar-refractivity contribution < 1.29 is 14.3 Å². The first-order chi connectivity index (χ1) is 13.8. The normalized spacial score (nSPS) is 11.3. The van der Waals surface area contributed by atoms with Crippen LogP contribution in [0.4, 0.5) is 0 Å². The minimum atomic E-state index is -0.517. The van der Waals surface area contributed by atoms with E-state index < -0.39 is 5.60 Å². The number of aryl methyl sites for hydroxylation is 1. The van der Waals surface area contributed by atoms with Crippen LogP contribution in [0, 0.1) is 6.92 Å². The van der Waals surface area contributed by atoms with E-state index in [9.17, 15) is 4.79 Å². The standard InChI is InChI=1S/C22H25N3O3S/c1-16-10-8-9-13-18(16)27-14-19-23-24-21(25(19)17-11-6-5-7-12-17)29-15-20(26)28-22(2,3)4/h5-13H,14-15H2,1-4H3. The fourth-order valence-electron chi connectivity index (χ4n) is 2.68. The zero-order valence-electron chi connectivity index (χ0n) is 17.1. The first-order valence-corrected chi connectivity index (χ1v) is 10.3. The maximum absolute atomic E-state index is 12.1. The summed E-state index contributed by atoms with van der Waals surface area (Å²) in [7, 11) is 0. The van der Waals surface area contributed by atoms with Gasteiger partial charge in [0.2, 0.25) is 0 Å². The van der Waals surface area contributed by atoms with Gasteiger partial charge in [-0.25, -0.2) is 0 Å². The lowest BCUT2D eigenvalue weighted by Gasteiger charge is -2.19. The molecule has 0 saturated carbocycles. The molecule has 0 radical (unpaired) electrons. The van der Waals surface area contributed by atoms with Crippen molar-refractivity contribution in [1.29, 1.82) is 0 Å². The highest BCUT2D eigenvalue weighted by Crippen LogP contribution is 2.24. The van der Waals surface area contributed by atoms with Crippen LogP contribution in [0.5, 0.6) is 5.75 Å². The lowest BCUT2D eigenvalue weighted by Crippen LogP contribution is -2.25. The Bertz CT molecular complexity index is 965. The summed E-state index contributed by atoms with van der Waals surface area (Å²) < 4.78 is 13.3. The van der Waals surface area contributed by atoms with E-state index >= 15 is 0 Å². The van der Waals surface area contributed by atoms with Crippen LogP contribution in [0.2, 0.25) is 0 Å². The second kappa shape index (κ2) is 9.13. The van der Waals surface area contributed by atoms with Gasteiger partial charge in [0.25, 0.3) is 0 Å². The summed E-state index contributed by atoms with van der Waals surface area (Å²) >= 11 is 1.30. The molecule has 0 aliphatic rings. The Morgan fingerprint density at radius 3 is 2.41 bits per heavy atom. The summed E-state index contributed by atoms with van der Waals surface area (Å²) in [5.74, 6) is 1.33. The van der Waals surface area contributed by atoms with E-state index in [-0.39, 0.29) is 18.3 Å². The van der Waals surface area contributed by atoms with Gasteiger partial charge in [0.05, 0.1) is 5.75 Å². The van der Waals surface area contributed by atoms with E-state index in [1.807, 2.05) is 86.9 Å². The molecule has 6 nitrogen and oxygen atoms in total. The largest absolute Gasteiger partial charge is 0.485 e. The first-order valence-electron chi connectivity index (χ1n) is 9.36. The van der Waals surface area contributed by atoms with E-state index in [2.05, 4.69) is 10.2 Å². The van der Waals surface area contributed by atoms with Gasteiger partial charge in [-0.3, -0.25) is 9.36 Å². The van der Waals surface area contributed by atoms with Gasteiger partial charge in [-0.15, -0.1) is 10.2 Å². The number of rotatable bonds is 7. The van der Waals surface area contributed by atoms with E-state index in [1.165, 1.54) is 11.8 Å². The molecule has 0 aliphatic heterocycles. The average molecular weight is 412 g/mol. The number of thioether (sulfide) groups is 1. The second-order valence-electron chi connectivity index (χ2n) is 7.50. The predicted octanol–water partition coefficient (Wildman–Crippen LogP) is 4.59. The quantitative estimate of drug-likeness (QED) is 0.418. The van der Waals surface area contributed by atoms with Crippen LogP contribution in [0.15, 0.2) is 59.8 Å². The molecule has 7 heteroatoms. The number of hydrogen-bond acceptors (Lipinski definition) is 6. The van der Waals surface area contributed by atoms with E-state index in [4.69, 9.17) is 9.47 Å². The van der Waals surface area contributed by atoms with Gasteiger partial charge in [0.1, 0.15) is 18.0 Å². The van der Waals surface area contributed by atoms with Crippen molar-refractivity contribution in [2.75, 3.05) is 5.75 Å². The predicted molar refractivity (Wildman–Crippen MR) is 113 cm³/mol. The van der Waals surface area contributed by atoms with Crippen LogP contribution >= 0.6 is 11.8 Å². The second-order valence-corrected chi connectivity index (χ2v) is 8.44. The highest BCUT2D eigenvalue weighted by Gasteiger charge is 2.20. The smallest absolute Gasteiger partial charge is 0.316 e. The molecule has 29 heavy (non-hydrogen) atoms. The maximum Gasteiger partial charge on any atom is 0.316 e. The fraction of sp³-hybridized carbons (Fsp3) is 0.318. The topological polar surface area (TPSA) is 66.2 Å². The zero-order valence-corrected chi connectivity index (χ0v) is 17.9. The number of ether oxygens (including phenoxy) is 2. The third kappa shape index (κ3) is 5.84. The van der Waals surface area contributed by atoms with Gasteiger partial charge in [0, 0.05) is 5.69 Å². The molecule has 0 fully saturated rings. The monoisotopic (exact) mass is 411 g/mol. The van der Waals surface area contributed by atoms with E-state index in [1.54, 1.807) is 0 Å². The Hall–Kier alpha value is -2.80. The number of aromatic nitrogens is 3. The summed E-state index contributed by atoms with van der Waals surface area (Å²) in [5.41, 5.74) is 1.45. The van der Waals surface area contributed by atoms with Gasteiger partial charge in [-0.1, -0.05) is 48.2 Å². The van der Waals surface area contributed by atoms with Crippen LogP contribution < -0.4 is 4.74 Å². The van der Waals surface area contributed by atoms with Gasteiger partial charge < -0.3 is 9.47 Å². The van der Waals surface area contributed by atoms with Crippen LogP contribution in [0.1, 0.15) is 32.2 Å². The summed E-state index contributed by atoms with van der Waals surface area (Å²) in [6.45, 7) is 7.81. The van der Waals surface area contributed by atoms with Crippen LogP contribution in [-0.2, 0) is 16.1 Å². The third-order valence-corrected chi connectivity index (χ3v) is 4.81. The zero-order chi connectivity index (χ0) is 20.9. The van der Waals surface area contributed by atoms with Crippen molar-refractivity contribution in [1.82, 2.24) is 14.8 Å². The third-order valence-electron chi connectivity index (χ3n) is 3.90. The summed E-state index contributed by atoms with van der Waals surface area (Å²) in [6, 6.07) is 17.6. The minimum Gasteiger partial charge on any atom is -0.485 e. The molecule has 0 amide bonds. The Morgan fingerprint density at radius 1 is 1.03 bits per heavy atom. The number of esters is 1. The molecule has 0 atom stereocenters. The summed E-state index contributed by atoms with van der Waals surface area (Å²) in [6.07, 6.45) is 0. The number of benzene rings is 2. The van der Waals surface area contributed by atoms with Gasteiger partial charge in [-0.05, 0) is 51.5 Å². The minimum absolute atomic E-state index is 0.154. The molecule has 152 valence electrons. The number of hydrogen-bond donors (Lipinski definition) is 0. The Morgan fingerprint density at radius 2 is 1.72 bits per heavy atom. The molecule has 1 aromatic heterocycles. The maximum atomic E-state index is 12.1. The molecule has 3 rings (SSSR count). The van der Waals surface area contributed by atoms with Gasteiger partial charge >= 0.3 is 5.97 Å². The highest BCUT2D eigenvalue weighted by molar-refractivity contribution is 7.99. The van der Waals surface area contributed by atoms with Crippen molar-refractivity contribution in [2.24, 2.45) is 0 Å². The molecule has 0 N–H and O–H groups in total. The van der Waals surface area contributed by atoms with Crippen molar-refractivity contribution in [3.05, 3.63) is 66.0 Å². The van der Waals surface area contributed by atoms with Crippen molar-refractivity contribution in [2.45, 2.75) is 45.1 Å². The fourth-order valence-corrected chi connectivity index (χ4v) is 3.42. The molecular weight excluding hydrogens is 386 g/mol. The first kappa shape index (κ1) is 20.9. The lowest BCUT2D eigenvalue weighted by molar-refractivity contribution is -0.151. The van der Waals surface area contributed by atoms with Gasteiger partial charge in [0.15, 0.2) is 11.0 Å². The number of carbonyl (C=O) groups is 1. The van der Waals surface area contributed by atoms with Crippen molar-refractivity contribution >= 4 is 17.7 Å². The molecule has 1 heterocycles. The summed E-state index contributed by atoms with van der Waals surface area (Å²) in [4.78, 5) is 12.1. The number of para-hydroxylation sites is 2. The molecule has 0 saturated heterocycles. The molecule has 2 aromatic carbocycles. The molecule has 3 aromatic rings. The van der Waals surface area contributed by atoms with Gasteiger partial charge in [-0.2, -0.15) is 0 Å². The highest BCUT2D eigenvalue weighted by atomic mass is 32.2. The molecule has 0 bridgehead atoms. The molecule has 0 aliphatic carbocycles. The molecular formula is C22H25N3O3S. The summed E-state index contributed by atoms with van der Waals surface area (Å²) in [5, 5.41) is 9.20. The van der Waals surface area contributed by atoms with Crippen LogP contribution in [0.3, 0.4) is 0 Å². The van der Waals surface area contributed by atoms with Crippen molar-refractivity contribution in [3.8, 4) is 11.4 Å². The Labute approximate surface area is 175 Å². The van der Waals surface area contributed by atoms with Crippen LogP contribution in [0.25, 0.3) is 5.69 Å². The number of nitrogens with zero attached hydrogens (tertiary/aromatic N) is 3. The number of carbonyl (C=O) groups excluding carboxylic acids is 1. The Balaban J connectivity index is 1.80. The van der Waals surface area contributed by atoms with E-state index in [0.29, 0.717) is 11.0 Å². The lowest BCUT2D eigenvalue weighted by atomic mass is 10.2. The Kier molecular flexibility index (Phi) is 6.59. The SMILES string of the molecule is Cc1ccccc1OCc1nnc(SCC(=O)OC(C)(C)C)n1-c1ccccc1. The van der Waals surface area contributed by atoms with Crippen molar-refractivity contribution in [3.63, 3.8) is 0 Å². The van der Waals surface area contributed by atoms with Crippen LogP contribution in [-0.4, -0.2) is 32.1 Å². The van der Waals surface area contributed by atoms with E-state index in [0.717, 1.165) is 17.0 Å².